The van der Waals surface area contributed by atoms with E-state index in [1.165, 1.54) is 6.20 Å². The third-order valence-electron chi connectivity index (χ3n) is 2.24. The summed E-state index contributed by atoms with van der Waals surface area (Å²) in [6.45, 7) is 1.66. The normalized spacial score (nSPS) is 9.47. The van der Waals surface area contributed by atoms with E-state index in [-0.39, 0.29) is 18.0 Å². The van der Waals surface area contributed by atoms with Crippen molar-refractivity contribution in [3.8, 4) is 11.4 Å². The number of hydrogen-bond donors (Lipinski definition) is 1. The van der Waals surface area contributed by atoms with Crippen LogP contribution >= 0.6 is 12.4 Å². The summed E-state index contributed by atoms with van der Waals surface area (Å²) in [6.07, 6.45) is 1.34. The fourth-order valence-corrected chi connectivity index (χ4v) is 1.40. The predicted octanol–water partition coefficient (Wildman–Crippen LogP) is 2.57. The quantitative estimate of drug-likeness (QED) is 0.890. The van der Waals surface area contributed by atoms with E-state index >= 15 is 0 Å². The second kappa shape index (κ2) is 5.41. The Balaban J connectivity index is 0.00000144. The first-order valence-electron chi connectivity index (χ1n) is 4.81. The average molecular weight is 251 g/mol. The highest BCUT2D eigenvalue weighted by molar-refractivity contribution is 5.88. The van der Waals surface area contributed by atoms with E-state index in [9.17, 15) is 4.79 Å². The van der Waals surface area contributed by atoms with Crippen LogP contribution in [-0.2, 0) is 0 Å². The molecule has 0 saturated carbocycles. The summed E-state index contributed by atoms with van der Waals surface area (Å²) in [5.41, 5.74) is 1.49. The van der Waals surface area contributed by atoms with Gasteiger partial charge < -0.3 is 5.11 Å². The lowest BCUT2D eigenvalue weighted by atomic mass is 10.2. The molecule has 88 valence electrons. The standard InChI is InChI=1S/C12H10N2O2.ClH/c1-8-10(12(15)16)7-13-11(14-8)9-5-3-2-4-6-9;/h2-7H,1H3,(H,15,16);1H. The van der Waals surface area contributed by atoms with Gasteiger partial charge >= 0.3 is 5.97 Å². The van der Waals surface area contributed by atoms with E-state index in [0.717, 1.165) is 5.56 Å². The lowest BCUT2D eigenvalue weighted by Gasteiger charge is -2.03. The van der Waals surface area contributed by atoms with Crippen LogP contribution in [0.4, 0.5) is 0 Å². The number of aryl methyl sites for hydroxylation is 1. The fraction of sp³-hybridized carbons (Fsp3) is 0.0833. The Morgan fingerprint density at radius 2 is 1.88 bits per heavy atom. The zero-order valence-corrected chi connectivity index (χ0v) is 9.94. The fourth-order valence-electron chi connectivity index (χ4n) is 1.40. The molecule has 0 bridgehead atoms. The summed E-state index contributed by atoms with van der Waals surface area (Å²) in [6, 6.07) is 9.45. The van der Waals surface area contributed by atoms with Gasteiger partial charge in [0.1, 0.15) is 0 Å². The van der Waals surface area contributed by atoms with Gasteiger partial charge in [0, 0.05) is 11.8 Å². The Labute approximate surface area is 105 Å². The van der Waals surface area contributed by atoms with Gasteiger partial charge in [-0.2, -0.15) is 0 Å². The zero-order valence-electron chi connectivity index (χ0n) is 9.12. The Kier molecular flexibility index (Phi) is 4.17. The lowest BCUT2D eigenvalue weighted by molar-refractivity contribution is 0.0695. The number of aromatic carboxylic acids is 1. The molecule has 0 atom stereocenters. The third kappa shape index (κ3) is 2.79. The molecule has 1 heterocycles. The number of rotatable bonds is 2. The van der Waals surface area contributed by atoms with Gasteiger partial charge in [0.2, 0.25) is 0 Å². The molecule has 1 N–H and O–H groups in total. The highest BCUT2D eigenvalue weighted by atomic mass is 35.5. The molecule has 2 aromatic rings. The van der Waals surface area contributed by atoms with Crippen molar-refractivity contribution >= 4 is 18.4 Å². The van der Waals surface area contributed by atoms with Crippen molar-refractivity contribution < 1.29 is 9.90 Å². The molecular weight excluding hydrogens is 240 g/mol. The minimum absolute atomic E-state index is 0. The van der Waals surface area contributed by atoms with Crippen LogP contribution in [0.25, 0.3) is 11.4 Å². The van der Waals surface area contributed by atoms with Gasteiger partial charge in [-0.25, -0.2) is 14.8 Å². The number of hydrogen-bond acceptors (Lipinski definition) is 3. The topological polar surface area (TPSA) is 63.1 Å². The molecule has 0 saturated heterocycles. The molecular formula is C12H11ClN2O2. The smallest absolute Gasteiger partial charge is 0.339 e. The van der Waals surface area contributed by atoms with Gasteiger partial charge in [0.15, 0.2) is 5.82 Å². The largest absolute Gasteiger partial charge is 0.478 e. The first-order valence-corrected chi connectivity index (χ1v) is 4.81. The van der Waals surface area contributed by atoms with Gasteiger partial charge in [-0.15, -0.1) is 12.4 Å². The van der Waals surface area contributed by atoms with Crippen molar-refractivity contribution in [2.75, 3.05) is 0 Å². The summed E-state index contributed by atoms with van der Waals surface area (Å²) < 4.78 is 0. The van der Waals surface area contributed by atoms with Gasteiger partial charge in [0.05, 0.1) is 11.3 Å². The van der Waals surface area contributed by atoms with Gasteiger partial charge in [0.25, 0.3) is 0 Å². The molecule has 0 fully saturated rings. The summed E-state index contributed by atoms with van der Waals surface area (Å²) in [4.78, 5) is 19.0. The maximum absolute atomic E-state index is 10.8. The number of carboxylic acids is 1. The Morgan fingerprint density at radius 1 is 1.24 bits per heavy atom. The van der Waals surface area contributed by atoms with E-state index in [2.05, 4.69) is 9.97 Å². The number of carbonyl (C=O) groups is 1. The highest BCUT2D eigenvalue weighted by Crippen LogP contribution is 2.15. The minimum atomic E-state index is -1.00. The summed E-state index contributed by atoms with van der Waals surface area (Å²) in [5, 5.41) is 8.85. The molecule has 0 unspecified atom stereocenters. The maximum Gasteiger partial charge on any atom is 0.339 e. The Bertz CT molecular complexity index is 529. The van der Waals surface area contributed by atoms with Crippen LogP contribution in [0.2, 0.25) is 0 Å². The molecule has 4 nitrogen and oxygen atoms in total. The van der Waals surface area contributed by atoms with E-state index in [4.69, 9.17) is 5.11 Å². The summed E-state index contributed by atoms with van der Waals surface area (Å²) >= 11 is 0. The molecule has 17 heavy (non-hydrogen) atoms. The van der Waals surface area contributed by atoms with Crippen LogP contribution in [0.5, 0.6) is 0 Å². The first-order chi connectivity index (χ1) is 7.68. The SMILES string of the molecule is Cc1nc(-c2ccccc2)ncc1C(=O)O.Cl. The first kappa shape index (κ1) is 13.1. The van der Waals surface area contributed by atoms with Crippen LogP contribution < -0.4 is 0 Å². The molecule has 0 aliphatic carbocycles. The Hall–Kier alpha value is -1.94. The number of halogens is 1. The van der Waals surface area contributed by atoms with Crippen molar-refractivity contribution in [3.63, 3.8) is 0 Å². The van der Waals surface area contributed by atoms with Crippen LogP contribution in [0, 0.1) is 6.92 Å². The molecule has 0 amide bonds. The van der Waals surface area contributed by atoms with E-state index in [1.54, 1.807) is 6.92 Å². The maximum atomic E-state index is 10.8. The average Bonchev–Trinajstić information content (AvgIpc) is 2.29. The number of benzene rings is 1. The molecule has 0 aliphatic heterocycles. The van der Waals surface area contributed by atoms with Crippen molar-refractivity contribution in [1.82, 2.24) is 9.97 Å². The lowest BCUT2D eigenvalue weighted by Crippen LogP contribution is -2.04. The molecule has 1 aromatic heterocycles. The highest BCUT2D eigenvalue weighted by Gasteiger charge is 2.10. The Morgan fingerprint density at radius 3 is 2.41 bits per heavy atom. The monoisotopic (exact) mass is 250 g/mol. The van der Waals surface area contributed by atoms with Gasteiger partial charge in [-0.3, -0.25) is 0 Å². The van der Waals surface area contributed by atoms with Crippen molar-refractivity contribution in [3.05, 3.63) is 47.8 Å². The van der Waals surface area contributed by atoms with Crippen LogP contribution in [0.15, 0.2) is 36.5 Å². The molecule has 1 aromatic carbocycles. The second-order valence-electron chi connectivity index (χ2n) is 3.36. The van der Waals surface area contributed by atoms with E-state index in [1.807, 2.05) is 30.3 Å². The molecule has 5 heteroatoms. The van der Waals surface area contributed by atoms with E-state index in [0.29, 0.717) is 11.5 Å². The second-order valence-corrected chi connectivity index (χ2v) is 3.36. The molecule has 0 aliphatic rings. The van der Waals surface area contributed by atoms with Crippen LogP contribution in [-0.4, -0.2) is 21.0 Å². The predicted molar refractivity (Wildman–Crippen MR) is 66.4 cm³/mol. The van der Waals surface area contributed by atoms with Crippen molar-refractivity contribution in [1.29, 1.82) is 0 Å². The number of carboxylic acid groups (broad SMARTS) is 1. The van der Waals surface area contributed by atoms with Crippen LogP contribution in [0.3, 0.4) is 0 Å². The summed E-state index contributed by atoms with van der Waals surface area (Å²) in [5.74, 6) is -0.458. The summed E-state index contributed by atoms with van der Waals surface area (Å²) in [7, 11) is 0. The number of aromatic nitrogens is 2. The minimum Gasteiger partial charge on any atom is -0.478 e. The number of nitrogens with zero attached hydrogens (tertiary/aromatic N) is 2. The zero-order chi connectivity index (χ0) is 11.5. The molecule has 2 rings (SSSR count). The molecule has 0 radical (unpaired) electrons. The van der Waals surface area contributed by atoms with Gasteiger partial charge in [-0.05, 0) is 6.92 Å². The van der Waals surface area contributed by atoms with Crippen LogP contribution in [0.1, 0.15) is 16.1 Å². The third-order valence-corrected chi connectivity index (χ3v) is 2.24. The van der Waals surface area contributed by atoms with E-state index < -0.39 is 5.97 Å². The van der Waals surface area contributed by atoms with Gasteiger partial charge in [-0.1, -0.05) is 30.3 Å². The van der Waals surface area contributed by atoms with Crippen molar-refractivity contribution in [2.24, 2.45) is 0 Å². The molecule has 0 spiro atoms. The van der Waals surface area contributed by atoms with Crippen molar-refractivity contribution in [2.45, 2.75) is 6.92 Å².